The summed E-state index contributed by atoms with van der Waals surface area (Å²) in [5, 5.41) is 6.61. The molecule has 6 heteroatoms. The third-order valence-electron chi connectivity index (χ3n) is 2.93. The maximum absolute atomic E-state index is 5.39. The first-order valence-corrected chi connectivity index (χ1v) is 7.27. The molecular formula is C15H19BrN2O2S. The minimum atomic E-state index is 0. The summed E-state index contributed by atoms with van der Waals surface area (Å²) in [6.45, 7) is 4.95. The van der Waals surface area contributed by atoms with Crippen molar-refractivity contribution in [1.82, 2.24) is 5.10 Å². The van der Waals surface area contributed by atoms with Crippen molar-refractivity contribution in [2.45, 2.75) is 20.4 Å². The highest BCUT2D eigenvalue weighted by Crippen LogP contribution is 2.30. The van der Waals surface area contributed by atoms with Crippen molar-refractivity contribution in [3.8, 4) is 11.5 Å². The molecule has 0 saturated carbocycles. The first-order valence-electron chi connectivity index (χ1n) is 6.46. The maximum atomic E-state index is 5.39. The Balaban J connectivity index is 0.00000220. The van der Waals surface area contributed by atoms with Crippen LogP contribution in [-0.4, -0.2) is 19.3 Å². The predicted octanol–water partition coefficient (Wildman–Crippen LogP) is -0.0495. The molecule has 1 aromatic carbocycles. The molecule has 21 heavy (non-hydrogen) atoms. The number of hydrogen-bond acceptors (Lipinski definition) is 4. The Kier molecular flexibility index (Phi) is 6.84. The van der Waals surface area contributed by atoms with Gasteiger partial charge >= 0.3 is 0 Å². The van der Waals surface area contributed by atoms with Crippen LogP contribution in [0.15, 0.2) is 18.2 Å². The van der Waals surface area contributed by atoms with Crippen LogP contribution in [0.2, 0.25) is 0 Å². The van der Waals surface area contributed by atoms with Crippen molar-refractivity contribution in [2.75, 3.05) is 14.2 Å². The van der Waals surface area contributed by atoms with E-state index in [0.717, 1.165) is 33.6 Å². The highest BCUT2D eigenvalue weighted by Gasteiger charge is 2.14. The fourth-order valence-corrected chi connectivity index (χ4v) is 2.84. The third-order valence-corrected chi connectivity index (χ3v) is 3.86. The molecule has 0 amide bonds. The topological polar surface area (TPSA) is 35.2 Å². The molecule has 1 aromatic heterocycles. The normalized spacial score (nSPS) is 10.5. The number of aromatic nitrogens is 2. The lowest BCUT2D eigenvalue weighted by molar-refractivity contribution is -0.747. The molecule has 0 unspecified atom stereocenters. The minimum Gasteiger partial charge on any atom is -1.00 e. The summed E-state index contributed by atoms with van der Waals surface area (Å²) in [5.41, 5.74) is 0.936. The third kappa shape index (κ3) is 4.04. The Bertz CT molecular complexity index is 604. The van der Waals surface area contributed by atoms with Gasteiger partial charge in [0, 0.05) is 11.2 Å². The van der Waals surface area contributed by atoms with E-state index in [2.05, 4.69) is 18.1 Å². The molecule has 4 nitrogen and oxygen atoms in total. The lowest BCUT2D eigenvalue weighted by atomic mass is 10.1. The monoisotopic (exact) mass is 370 g/mol. The van der Waals surface area contributed by atoms with Crippen molar-refractivity contribution >= 4 is 23.5 Å². The van der Waals surface area contributed by atoms with E-state index in [1.807, 2.05) is 35.9 Å². The van der Waals surface area contributed by atoms with Gasteiger partial charge in [-0.05, 0) is 43.4 Å². The molecule has 0 bridgehead atoms. The van der Waals surface area contributed by atoms with Crippen LogP contribution in [0.3, 0.4) is 0 Å². The van der Waals surface area contributed by atoms with Gasteiger partial charge < -0.3 is 26.5 Å². The molecule has 0 N–H and O–H groups in total. The fraction of sp³-hybridized carbons (Fsp3) is 0.333. The summed E-state index contributed by atoms with van der Waals surface area (Å²) < 4.78 is 12.8. The molecule has 0 fully saturated rings. The van der Waals surface area contributed by atoms with Crippen LogP contribution >= 0.6 is 11.3 Å². The summed E-state index contributed by atoms with van der Waals surface area (Å²) >= 11 is 1.67. The fourth-order valence-electron chi connectivity index (χ4n) is 1.99. The summed E-state index contributed by atoms with van der Waals surface area (Å²) in [4.78, 5) is 0. The Morgan fingerprint density at radius 2 is 1.81 bits per heavy atom. The lowest BCUT2D eigenvalue weighted by Gasteiger charge is -2.09. The molecular weight excluding hydrogens is 352 g/mol. The van der Waals surface area contributed by atoms with Crippen molar-refractivity contribution < 1.29 is 31.1 Å². The van der Waals surface area contributed by atoms with E-state index < -0.39 is 0 Å². The summed E-state index contributed by atoms with van der Waals surface area (Å²) in [6, 6.07) is 5.76. The predicted molar refractivity (Wildman–Crippen MR) is 81.2 cm³/mol. The molecule has 2 rings (SSSR count). The van der Waals surface area contributed by atoms with Crippen LogP contribution in [0, 0.1) is 6.92 Å². The minimum absolute atomic E-state index is 0. The second-order valence-electron chi connectivity index (χ2n) is 4.18. The summed E-state index contributed by atoms with van der Waals surface area (Å²) in [6.07, 6.45) is 4.06. The van der Waals surface area contributed by atoms with Crippen molar-refractivity contribution in [3.63, 3.8) is 0 Å². The Labute approximate surface area is 139 Å². The molecule has 0 aliphatic carbocycles. The van der Waals surface area contributed by atoms with Crippen LogP contribution in [0.5, 0.6) is 11.5 Å². The molecule has 0 aliphatic heterocycles. The number of methoxy groups -OCH3 is 2. The van der Waals surface area contributed by atoms with E-state index in [4.69, 9.17) is 9.47 Å². The van der Waals surface area contributed by atoms with Gasteiger partial charge in [0.05, 0.1) is 19.8 Å². The molecule has 114 valence electrons. The van der Waals surface area contributed by atoms with Gasteiger partial charge in [-0.15, -0.1) is 0 Å². The zero-order valence-corrected chi connectivity index (χ0v) is 15.0. The van der Waals surface area contributed by atoms with Crippen LogP contribution in [0.25, 0.3) is 12.2 Å². The number of hydrogen-bond donors (Lipinski definition) is 0. The average molecular weight is 371 g/mol. The van der Waals surface area contributed by atoms with Gasteiger partial charge in [0.1, 0.15) is 11.5 Å². The zero-order valence-electron chi connectivity index (χ0n) is 12.6. The van der Waals surface area contributed by atoms with Gasteiger partial charge in [-0.1, -0.05) is 10.7 Å². The molecule has 0 radical (unpaired) electrons. The standard InChI is InChI=1S/C15H19N2O2S.BrH/c1-5-17-15(20-11(2)16-17)10-9-12-13(18-3)7-6-8-14(12)19-4;/h6-10H,5H2,1-4H3;1H/q+1;/p-1. The molecule has 0 spiro atoms. The number of nitrogens with zero attached hydrogens (tertiary/aromatic N) is 2. The SMILES string of the molecule is CC[n+]1nc(C)sc1C=Cc1c(OC)cccc1OC.[Br-]. The number of aryl methyl sites for hydroxylation is 2. The zero-order chi connectivity index (χ0) is 14.5. The van der Waals surface area contributed by atoms with Crippen LogP contribution in [0.1, 0.15) is 22.5 Å². The van der Waals surface area contributed by atoms with E-state index in [0.29, 0.717) is 0 Å². The first-order chi connectivity index (χ1) is 9.69. The van der Waals surface area contributed by atoms with E-state index in [1.165, 1.54) is 0 Å². The van der Waals surface area contributed by atoms with Gasteiger partial charge in [0.2, 0.25) is 0 Å². The van der Waals surface area contributed by atoms with Gasteiger partial charge in [0.15, 0.2) is 11.6 Å². The Morgan fingerprint density at radius 1 is 1.19 bits per heavy atom. The Morgan fingerprint density at radius 3 is 2.33 bits per heavy atom. The molecule has 0 saturated heterocycles. The van der Waals surface area contributed by atoms with Crippen LogP contribution in [-0.2, 0) is 6.54 Å². The van der Waals surface area contributed by atoms with Gasteiger partial charge in [-0.25, -0.2) is 0 Å². The number of benzene rings is 1. The van der Waals surface area contributed by atoms with E-state index in [1.54, 1.807) is 25.6 Å². The van der Waals surface area contributed by atoms with Gasteiger partial charge in [0.25, 0.3) is 5.01 Å². The number of ether oxygens (including phenoxy) is 2. The second kappa shape index (κ2) is 8.14. The van der Waals surface area contributed by atoms with Crippen molar-refractivity contribution in [3.05, 3.63) is 33.8 Å². The van der Waals surface area contributed by atoms with E-state index >= 15 is 0 Å². The highest BCUT2D eigenvalue weighted by atomic mass is 79.9. The molecule has 2 aromatic rings. The first kappa shape index (κ1) is 17.7. The van der Waals surface area contributed by atoms with Crippen molar-refractivity contribution in [1.29, 1.82) is 0 Å². The largest absolute Gasteiger partial charge is 1.00 e. The Hall–Kier alpha value is -1.40. The summed E-state index contributed by atoms with van der Waals surface area (Å²) in [5.74, 6) is 1.59. The second-order valence-corrected chi connectivity index (χ2v) is 5.40. The summed E-state index contributed by atoms with van der Waals surface area (Å²) in [7, 11) is 3.32. The van der Waals surface area contributed by atoms with E-state index in [9.17, 15) is 0 Å². The van der Waals surface area contributed by atoms with E-state index in [-0.39, 0.29) is 17.0 Å². The maximum Gasteiger partial charge on any atom is 0.289 e. The van der Waals surface area contributed by atoms with Gasteiger partial charge in [-0.2, -0.15) is 0 Å². The van der Waals surface area contributed by atoms with Crippen molar-refractivity contribution in [2.24, 2.45) is 0 Å². The molecule has 0 atom stereocenters. The quantitative estimate of drug-likeness (QED) is 0.692. The number of rotatable bonds is 5. The average Bonchev–Trinajstić information content (AvgIpc) is 2.84. The van der Waals surface area contributed by atoms with Crippen LogP contribution < -0.4 is 31.1 Å². The smallest absolute Gasteiger partial charge is 0.289 e. The highest BCUT2D eigenvalue weighted by molar-refractivity contribution is 7.11. The molecule has 0 aliphatic rings. The lowest BCUT2D eigenvalue weighted by Crippen LogP contribution is -3.00. The molecule has 1 heterocycles. The number of halogens is 1. The van der Waals surface area contributed by atoms with Gasteiger partial charge in [-0.3, -0.25) is 0 Å². The van der Waals surface area contributed by atoms with Crippen LogP contribution in [0.4, 0.5) is 0 Å².